The average molecular weight is 366 g/mol. The number of fused-ring (bicyclic) bond motifs is 1. The van der Waals surface area contributed by atoms with E-state index in [1.165, 1.54) is 0 Å². The number of para-hydroxylation sites is 1. The Kier molecular flexibility index (Phi) is 4.28. The van der Waals surface area contributed by atoms with Crippen LogP contribution in [0, 0.1) is 0 Å². The Hall–Kier alpha value is -1.37. The third-order valence-electron chi connectivity index (χ3n) is 3.35. The Balaban J connectivity index is 1.99. The molecule has 1 aromatic carbocycles. The van der Waals surface area contributed by atoms with Gasteiger partial charge in [-0.2, -0.15) is 4.98 Å². The molecule has 0 aliphatic carbocycles. The number of rotatable bonds is 5. The number of hydrogen-bond donors (Lipinski definition) is 1. The van der Waals surface area contributed by atoms with Gasteiger partial charge in [-0.1, -0.05) is 19.1 Å². The summed E-state index contributed by atoms with van der Waals surface area (Å²) in [6.45, 7) is 2.09. The molecule has 2 N–H and O–H groups in total. The summed E-state index contributed by atoms with van der Waals surface area (Å²) < 4.78 is 8.97. The molecule has 0 amide bonds. The second kappa shape index (κ2) is 6.17. The highest BCUT2D eigenvalue weighted by molar-refractivity contribution is 9.10. The van der Waals surface area contributed by atoms with Crippen molar-refractivity contribution >= 4 is 32.2 Å². The molecule has 21 heavy (non-hydrogen) atoms. The summed E-state index contributed by atoms with van der Waals surface area (Å²) in [5.41, 5.74) is 7.14. The summed E-state index contributed by atoms with van der Waals surface area (Å²) in [4.78, 5) is 5.51. The maximum Gasteiger partial charge on any atom is 0.242 e. The molecular formula is C15H16BrN3OS. The molecule has 0 spiro atoms. The van der Waals surface area contributed by atoms with Crippen molar-refractivity contribution in [3.8, 4) is 11.6 Å². The van der Waals surface area contributed by atoms with Crippen LogP contribution in [-0.2, 0) is 6.42 Å². The van der Waals surface area contributed by atoms with Crippen LogP contribution in [0.1, 0.15) is 19.0 Å². The van der Waals surface area contributed by atoms with Crippen molar-refractivity contribution in [2.75, 3.05) is 0 Å². The summed E-state index contributed by atoms with van der Waals surface area (Å²) in [5.74, 6) is 1.40. The summed E-state index contributed by atoms with van der Waals surface area (Å²) in [6.07, 6.45) is 3.68. The molecule has 0 radical (unpaired) electrons. The molecule has 3 aromatic rings. The van der Waals surface area contributed by atoms with Crippen LogP contribution in [0.2, 0.25) is 0 Å². The highest BCUT2D eigenvalue weighted by atomic mass is 79.9. The van der Waals surface area contributed by atoms with Crippen molar-refractivity contribution in [2.45, 2.75) is 25.8 Å². The number of imidazole rings is 1. The van der Waals surface area contributed by atoms with Gasteiger partial charge in [0.25, 0.3) is 0 Å². The molecule has 0 saturated heterocycles. The summed E-state index contributed by atoms with van der Waals surface area (Å²) in [5, 5.41) is 2.02. The molecule has 4 nitrogen and oxygen atoms in total. The SMILES string of the molecule is CCC(N)Cc1c(Oc2ccccc2Br)nc2sccn12. The van der Waals surface area contributed by atoms with Crippen molar-refractivity contribution in [1.82, 2.24) is 9.38 Å². The van der Waals surface area contributed by atoms with Crippen LogP contribution in [0.5, 0.6) is 11.6 Å². The summed E-state index contributed by atoms with van der Waals surface area (Å²) >= 11 is 5.09. The van der Waals surface area contributed by atoms with Gasteiger partial charge >= 0.3 is 0 Å². The number of halogens is 1. The largest absolute Gasteiger partial charge is 0.436 e. The fourth-order valence-electron chi connectivity index (χ4n) is 2.10. The first-order chi connectivity index (χ1) is 10.2. The summed E-state index contributed by atoms with van der Waals surface area (Å²) in [6, 6.07) is 7.87. The molecule has 1 unspecified atom stereocenters. The Labute approximate surface area is 135 Å². The molecule has 0 bridgehead atoms. The highest BCUT2D eigenvalue weighted by Gasteiger charge is 2.18. The lowest BCUT2D eigenvalue weighted by atomic mass is 10.1. The second-order valence-corrected chi connectivity index (χ2v) is 6.55. The lowest BCUT2D eigenvalue weighted by Crippen LogP contribution is -2.22. The van der Waals surface area contributed by atoms with Gasteiger partial charge in [-0.05, 0) is 34.5 Å². The van der Waals surface area contributed by atoms with Gasteiger partial charge in [-0.15, -0.1) is 11.3 Å². The van der Waals surface area contributed by atoms with Gasteiger partial charge in [-0.25, -0.2) is 0 Å². The van der Waals surface area contributed by atoms with E-state index in [9.17, 15) is 0 Å². The minimum absolute atomic E-state index is 0.103. The van der Waals surface area contributed by atoms with Crippen molar-refractivity contribution in [3.05, 3.63) is 46.0 Å². The maximum absolute atomic E-state index is 6.11. The van der Waals surface area contributed by atoms with Crippen LogP contribution in [0.25, 0.3) is 4.96 Å². The highest BCUT2D eigenvalue weighted by Crippen LogP contribution is 2.32. The molecule has 0 aliphatic heterocycles. The molecule has 0 aliphatic rings. The van der Waals surface area contributed by atoms with E-state index in [-0.39, 0.29) is 6.04 Å². The topological polar surface area (TPSA) is 52.5 Å². The molecule has 0 saturated carbocycles. The van der Waals surface area contributed by atoms with Gasteiger partial charge in [0, 0.05) is 24.0 Å². The van der Waals surface area contributed by atoms with E-state index in [0.29, 0.717) is 5.88 Å². The van der Waals surface area contributed by atoms with Crippen molar-refractivity contribution < 1.29 is 4.74 Å². The predicted octanol–water partition coefficient (Wildman–Crippen LogP) is 4.23. The number of ether oxygens (including phenoxy) is 1. The zero-order valence-corrected chi connectivity index (χ0v) is 14.0. The molecular weight excluding hydrogens is 350 g/mol. The van der Waals surface area contributed by atoms with E-state index in [2.05, 4.69) is 32.2 Å². The van der Waals surface area contributed by atoms with Gasteiger partial charge < -0.3 is 10.5 Å². The summed E-state index contributed by atoms with van der Waals surface area (Å²) in [7, 11) is 0. The smallest absolute Gasteiger partial charge is 0.242 e. The number of hydrogen-bond acceptors (Lipinski definition) is 4. The molecule has 2 aromatic heterocycles. The molecule has 2 heterocycles. The number of benzene rings is 1. The van der Waals surface area contributed by atoms with E-state index >= 15 is 0 Å². The molecule has 3 rings (SSSR count). The van der Waals surface area contributed by atoms with E-state index in [4.69, 9.17) is 10.5 Å². The Morgan fingerprint density at radius 1 is 1.43 bits per heavy atom. The van der Waals surface area contributed by atoms with Crippen LogP contribution in [0.4, 0.5) is 0 Å². The number of nitrogens with two attached hydrogens (primary N) is 1. The third kappa shape index (κ3) is 2.97. The van der Waals surface area contributed by atoms with Gasteiger partial charge in [0.05, 0.1) is 10.2 Å². The zero-order valence-electron chi connectivity index (χ0n) is 11.6. The van der Waals surface area contributed by atoms with Gasteiger partial charge in [0.2, 0.25) is 5.88 Å². The molecule has 1 atom stereocenters. The van der Waals surface area contributed by atoms with Crippen LogP contribution in [-0.4, -0.2) is 15.4 Å². The van der Waals surface area contributed by atoms with Crippen LogP contribution < -0.4 is 10.5 Å². The lowest BCUT2D eigenvalue weighted by Gasteiger charge is -2.11. The first-order valence-electron chi connectivity index (χ1n) is 6.81. The van der Waals surface area contributed by atoms with E-state index in [0.717, 1.165) is 33.7 Å². The Morgan fingerprint density at radius 3 is 3.00 bits per heavy atom. The van der Waals surface area contributed by atoms with E-state index in [1.54, 1.807) is 11.3 Å². The number of aromatic nitrogens is 2. The lowest BCUT2D eigenvalue weighted by molar-refractivity contribution is 0.452. The van der Waals surface area contributed by atoms with Crippen LogP contribution in [0.15, 0.2) is 40.3 Å². The Bertz CT molecular complexity index is 752. The number of nitrogens with zero attached hydrogens (tertiary/aromatic N) is 2. The fraction of sp³-hybridized carbons (Fsp3) is 0.267. The Morgan fingerprint density at radius 2 is 2.24 bits per heavy atom. The van der Waals surface area contributed by atoms with Crippen LogP contribution >= 0.6 is 27.3 Å². The quantitative estimate of drug-likeness (QED) is 0.735. The molecule has 6 heteroatoms. The van der Waals surface area contributed by atoms with E-state index < -0.39 is 0 Å². The first-order valence-corrected chi connectivity index (χ1v) is 8.48. The van der Waals surface area contributed by atoms with Crippen molar-refractivity contribution in [1.29, 1.82) is 0 Å². The van der Waals surface area contributed by atoms with Crippen LogP contribution in [0.3, 0.4) is 0 Å². The predicted molar refractivity (Wildman–Crippen MR) is 89.3 cm³/mol. The zero-order chi connectivity index (χ0) is 14.8. The third-order valence-corrected chi connectivity index (χ3v) is 4.76. The van der Waals surface area contributed by atoms with Crippen molar-refractivity contribution in [2.24, 2.45) is 5.73 Å². The molecule has 0 fully saturated rings. The second-order valence-electron chi connectivity index (χ2n) is 4.82. The first kappa shape index (κ1) is 14.6. The standard InChI is InChI=1S/C15H16BrN3OS/c1-2-10(17)9-12-14(18-15-19(12)7-8-21-15)20-13-6-4-3-5-11(13)16/h3-8,10H,2,9,17H2,1H3. The van der Waals surface area contributed by atoms with Crippen molar-refractivity contribution in [3.63, 3.8) is 0 Å². The fourth-order valence-corrected chi connectivity index (χ4v) is 3.19. The normalized spacial score (nSPS) is 12.7. The monoisotopic (exact) mass is 365 g/mol. The maximum atomic E-state index is 6.11. The minimum Gasteiger partial charge on any atom is -0.436 e. The van der Waals surface area contributed by atoms with Gasteiger partial charge in [-0.3, -0.25) is 4.40 Å². The van der Waals surface area contributed by atoms with Gasteiger partial charge in [0.1, 0.15) is 5.75 Å². The molecule has 110 valence electrons. The van der Waals surface area contributed by atoms with E-state index in [1.807, 2.05) is 35.8 Å². The average Bonchev–Trinajstić information content (AvgIpc) is 3.04. The minimum atomic E-state index is 0.103. The van der Waals surface area contributed by atoms with Gasteiger partial charge in [0.15, 0.2) is 4.96 Å². The number of thiazole rings is 1.